The van der Waals surface area contributed by atoms with Crippen LogP contribution in [0.4, 0.5) is 52.4 Å². The highest BCUT2D eigenvalue weighted by atomic mass is 79.9. The number of aryl methyl sites for hydroxylation is 2. The number of pyridine rings is 2. The number of aromatic nitrogens is 3. The van der Waals surface area contributed by atoms with E-state index in [0.29, 0.717) is 52.1 Å². The summed E-state index contributed by atoms with van der Waals surface area (Å²) in [4.78, 5) is 56.7. The lowest BCUT2D eigenvalue weighted by Gasteiger charge is -2.36. The zero-order valence-electron chi connectivity index (χ0n) is 47.6. The highest BCUT2D eigenvalue weighted by molar-refractivity contribution is 9.10. The van der Waals surface area contributed by atoms with Crippen LogP contribution in [-0.4, -0.2) is 85.5 Å². The fourth-order valence-corrected chi connectivity index (χ4v) is 12.2. The van der Waals surface area contributed by atoms with Crippen LogP contribution in [0.2, 0.25) is 0 Å². The molecule has 2 aliphatic carbocycles. The molecular weight excluding hydrogens is 1120 g/mol. The summed E-state index contributed by atoms with van der Waals surface area (Å²) in [6.45, 7) is 18.3. The fourth-order valence-electron chi connectivity index (χ4n) is 11.9. The highest BCUT2D eigenvalue weighted by Gasteiger charge is 2.44. The zero-order chi connectivity index (χ0) is 58.7. The fraction of sp³-hybridized carbons (Fsp3) is 0.525. The molecule has 0 spiro atoms. The first kappa shape index (κ1) is 60.8. The topological polar surface area (TPSA) is 123 Å². The Hall–Kier alpha value is -6.31. The number of carbonyl (C=O) groups is 3. The van der Waals surface area contributed by atoms with Crippen molar-refractivity contribution in [1.29, 1.82) is 0 Å². The number of hydrogen-bond acceptors (Lipinski definition) is 10. The molecule has 2 aliphatic heterocycles. The second-order valence-corrected chi connectivity index (χ2v) is 23.8. The van der Waals surface area contributed by atoms with Crippen molar-refractivity contribution >= 4 is 45.8 Å². The first-order chi connectivity index (χ1) is 38.2. The zero-order valence-corrected chi connectivity index (χ0v) is 49.2. The van der Waals surface area contributed by atoms with E-state index in [1.54, 1.807) is 88.1 Å². The van der Waals surface area contributed by atoms with E-state index in [2.05, 4.69) is 39.6 Å². The first-order valence-electron chi connectivity index (χ1n) is 28.1. The molecule has 0 N–H and O–H groups in total. The molecule has 2 saturated carbocycles. The molecule has 81 heavy (non-hydrogen) atoms. The normalized spacial score (nSPS) is 20.2. The standard InChI is InChI=1S/C35H43F3N4O4.C26H31BrF3N3O2/c1-7-40(28-12-9-8-10-13-28)31-26(18-25(20-39-31)29-14-11-15-41(29)33(44)46-34(4,5)6)21-42-23(3)30(45-32(42)43)24-16-22(2)17-27(19-24)35(36,37)38;1-4-32(22-8-6-5-7-9-22)24-19(13-21(27)14-31-24)15-33-17(3)23(35-25(33)34)18-10-16(2)11-20(12-18)26(28,29)30/h11,14-20,23,28,30H,7-10,12-13,21H2,1-6H3;10-14,17,22-23H,4-9,15H2,1-3H3/t23-,30?;17-,23-/m00/s1. The van der Waals surface area contributed by atoms with Crippen molar-refractivity contribution in [2.45, 2.75) is 194 Å². The van der Waals surface area contributed by atoms with Gasteiger partial charge in [0.05, 0.1) is 42.0 Å². The molecule has 4 fully saturated rings. The molecule has 0 bridgehead atoms. The van der Waals surface area contributed by atoms with E-state index in [1.165, 1.54) is 30.3 Å². The molecule has 2 saturated heterocycles. The predicted molar refractivity (Wildman–Crippen MR) is 302 cm³/mol. The van der Waals surface area contributed by atoms with Gasteiger partial charge in [0, 0.05) is 64.9 Å². The van der Waals surface area contributed by atoms with Gasteiger partial charge >= 0.3 is 30.6 Å². The number of carbonyl (C=O) groups excluding carboxylic acids is 3. The van der Waals surface area contributed by atoms with Gasteiger partial charge in [-0.2, -0.15) is 26.3 Å². The first-order valence-corrected chi connectivity index (χ1v) is 28.9. The van der Waals surface area contributed by atoms with Crippen LogP contribution in [0.25, 0.3) is 11.3 Å². The van der Waals surface area contributed by atoms with Crippen LogP contribution in [0.5, 0.6) is 0 Å². The maximum Gasteiger partial charge on any atom is 0.418 e. The molecule has 4 aliphatic rings. The van der Waals surface area contributed by atoms with Gasteiger partial charge in [0.25, 0.3) is 0 Å². The maximum absolute atomic E-state index is 13.6. The Morgan fingerprint density at radius 2 is 1.11 bits per heavy atom. The lowest BCUT2D eigenvalue weighted by Crippen LogP contribution is -2.39. The number of cyclic esters (lactones) is 2. The molecule has 20 heteroatoms. The molecule has 1 unspecified atom stereocenters. The molecule has 5 heterocycles. The number of ether oxygens (including phenoxy) is 3. The predicted octanol–water partition coefficient (Wildman–Crippen LogP) is 16.3. The number of nitrogens with zero attached hydrogens (tertiary/aromatic N) is 7. The van der Waals surface area contributed by atoms with Crippen LogP contribution in [0.15, 0.2) is 83.7 Å². The Kier molecular flexibility index (Phi) is 18.8. The molecule has 3 aromatic heterocycles. The van der Waals surface area contributed by atoms with E-state index in [9.17, 15) is 40.7 Å². The van der Waals surface area contributed by atoms with E-state index in [-0.39, 0.29) is 13.1 Å². The second kappa shape index (κ2) is 25.0. The molecule has 13 nitrogen and oxygen atoms in total. The molecule has 4 atom stereocenters. The van der Waals surface area contributed by atoms with Crippen LogP contribution >= 0.6 is 15.9 Å². The quantitative estimate of drug-likeness (QED) is 0.0832. The van der Waals surface area contributed by atoms with E-state index in [0.717, 1.165) is 96.6 Å². The summed E-state index contributed by atoms with van der Waals surface area (Å²) in [6, 6.07) is 14.8. The van der Waals surface area contributed by atoms with Gasteiger partial charge in [-0.1, -0.05) is 61.8 Å². The third-order valence-electron chi connectivity index (χ3n) is 15.7. The van der Waals surface area contributed by atoms with Crippen LogP contribution in [0.3, 0.4) is 0 Å². The number of anilines is 2. The number of benzene rings is 2. The Labute approximate surface area is 479 Å². The summed E-state index contributed by atoms with van der Waals surface area (Å²) in [6.07, 6.45) is 4.23. The highest BCUT2D eigenvalue weighted by Crippen LogP contribution is 2.42. The number of amides is 2. The van der Waals surface area contributed by atoms with Crippen LogP contribution in [-0.2, 0) is 39.7 Å². The third kappa shape index (κ3) is 14.3. The second-order valence-electron chi connectivity index (χ2n) is 22.8. The minimum Gasteiger partial charge on any atom is -0.443 e. The summed E-state index contributed by atoms with van der Waals surface area (Å²) < 4.78 is 100. The van der Waals surface area contributed by atoms with Crippen molar-refractivity contribution in [3.05, 3.63) is 128 Å². The number of alkyl halides is 6. The Balaban J connectivity index is 0.000000220. The summed E-state index contributed by atoms with van der Waals surface area (Å²) in [5, 5.41) is 0. The van der Waals surface area contributed by atoms with Crippen molar-refractivity contribution in [2.24, 2.45) is 0 Å². The monoisotopic (exact) mass is 1190 g/mol. The third-order valence-corrected chi connectivity index (χ3v) is 16.2. The summed E-state index contributed by atoms with van der Waals surface area (Å²) in [5.74, 6) is 1.59. The van der Waals surface area contributed by atoms with Crippen molar-refractivity contribution < 1.29 is 54.9 Å². The Morgan fingerprint density at radius 1 is 0.667 bits per heavy atom. The van der Waals surface area contributed by atoms with E-state index in [1.807, 2.05) is 25.1 Å². The minimum atomic E-state index is -4.52. The lowest BCUT2D eigenvalue weighted by molar-refractivity contribution is -0.138. The Morgan fingerprint density at radius 3 is 1.54 bits per heavy atom. The molecule has 0 radical (unpaired) electrons. The smallest absolute Gasteiger partial charge is 0.418 e. The van der Waals surface area contributed by atoms with Gasteiger partial charge in [0.15, 0.2) is 0 Å². The van der Waals surface area contributed by atoms with Crippen molar-refractivity contribution in [1.82, 2.24) is 24.3 Å². The van der Waals surface area contributed by atoms with Crippen LogP contribution in [0.1, 0.15) is 169 Å². The molecule has 438 valence electrons. The van der Waals surface area contributed by atoms with E-state index >= 15 is 0 Å². The largest absolute Gasteiger partial charge is 0.443 e. The minimum absolute atomic E-state index is 0.126. The van der Waals surface area contributed by atoms with Gasteiger partial charge in [-0.05, 0) is 164 Å². The van der Waals surface area contributed by atoms with Gasteiger partial charge in [-0.25, -0.2) is 24.4 Å². The van der Waals surface area contributed by atoms with E-state index < -0.39 is 71.7 Å². The van der Waals surface area contributed by atoms with Gasteiger partial charge in [0.1, 0.15) is 29.4 Å². The van der Waals surface area contributed by atoms with Crippen molar-refractivity contribution in [3.8, 4) is 11.3 Å². The SMILES string of the molecule is CCN(c1ncc(-c2cccn2C(=O)OC(C)(C)C)cc1CN1C(=O)OC(c2cc(C)cc(C(F)(F)F)c2)[C@@H]1C)C1CCCCC1.CCN(c1ncc(Br)cc1CN1C(=O)O[C@H](c2cc(C)cc(C(F)(F)F)c2)[C@@H]1C)C1CCCCC1. The van der Waals surface area contributed by atoms with Crippen LogP contribution in [0, 0.1) is 13.8 Å². The number of rotatable bonds is 13. The van der Waals surface area contributed by atoms with Crippen molar-refractivity contribution in [2.75, 3.05) is 22.9 Å². The van der Waals surface area contributed by atoms with Gasteiger partial charge < -0.3 is 24.0 Å². The summed E-state index contributed by atoms with van der Waals surface area (Å²) in [5.41, 5.74) is 2.26. The van der Waals surface area contributed by atoms with Gasteiger partial charge in [-0.15, -0.1) is 0 Å². The van der Waals surface area contributed by atoms with Crippen LogP contribution < -0.4 is 9.80 Å². The average molecular weight is 1200 g/mol. The molecular formula is C61H74BrF6N7O6. The van der Waals surface area contributed by atoms with Crippen molar-refractivity contribution in [3.63, 3.8) is 0 Å². The summed E-state index contributed by atoms with van der Waals surface area (Å²) >= 11 is 3.50. The van der Waals surface area contributed by atoms with Gasteiger partial charge in [-0.3, -0.25) is 14.4 Å². The average Bonchev–Trinajstić information content (AvgIpc) is 4.34. The molecule has 2 aromatic carbocycles. The molecule has 9 rings (SSSR count). The number of halogens is 7. The molecule has 2 amide bonds. The summed E-state index contributed by atoms with van der Waals surface area (Å²) in [7, 11) is 0. The Bertz CT molecular complexity index is 3040. The van der Waals surface area contributed by atoms with Gasteiger partial charge in [0.2, 0.25) is 0 Å². The maximum atomic E-state index is 13.6. The molecule has 5 aromatic rings. The van der Waals surface area contributed by atoms with E-state index in [4.69, 9.17) is 24.2 Å². The lowest BCUT2D eigenvalue weighted by atomic mass is 9.93. The number of hydrogen-bond donors (Lipinski definition) is 0.